The monoisotopic (exact) mass is 250 g/mol. The average Bonchev–Trinajstić information content (AvgIpc) is 2.70. The van der Waals surface area contributed by atoms with E-state index in [1.54, 1.807) is 18.4 Å². The fourth-order valence-corrected chi connectivity index (χ4v) is 2.03. The van der Waals surface area contributed by atoms with Gasteiger partial charge in [0, 0.05) is 32.4 Å². The maximum Gasteiger partial charge on any atom is 0.193 e. The Morgan fingerprint density at radius 2 is 2.47 bits per heavy atom. The van der Waals surface area contributed by atoms with Crippen LogP contribution in [0, 0.1) is 19.3 Å². The fourth-order valence-electron chi connectivity index (χ4n) is 1.43. The zero-order valence-electron chi connectivity index (χ0n) is 10.5. The van der Waals surface area contributed by atoms with Crippen LogP contribution in [0.3, 0.4) is 0 Å². The van der Waals surface area contributed by atoms with Gasteiger partial charge < -0.3 is 10.2 Å². The first-order valence-corrected chi connectivity index (χ1v) is 6.31. The molecule has 0 atom stereocenters. The largest absolute Gasteiger partial charge is 0.355 e. The van der Waals surface area contributed by atoms with Crippen LogP contribution >= 0.6 is 11.3 Å². The van der Waals surface area contributed by atoms with Crippen molar-refractivity contribution in [1.82, 2.24) is 15.2 Å². The molecule has 0 fully saturated rings. The molecule has 0 saturated carbocycles. The quantitative estimate of drug-likeness (QED) is 0.381. The molecule has 0 saturated heterocycles. The van der Waals surface area contributed by atoms with Crippen LogP contribution in [0.1, 0.15) is 17.1 Å². The summed E-state index contributed by atoms with van der Waals surface area (Å²) in [5.74, 6) is 3.43. The Labute approximate surface area is 107 Å². The zero-order valence-corrected chi connectivity index (χ0v) is 11.3. The third kappa shape index (κ3) is 4.45. The van der Waals surface area contributed by atoms with Crippen molar-refractivity contribution >= 4 is 17.3 Å². The van der Waals surface area contributed by atoms with Crippen molar-refractivity contribution in [2.45, 2.75) is 19.9 Å². The first-order chi connectivity index (χ1) is 8.17. The normalized spacial score (nSPS) is 11.1. The molecule has 0 aromatic carbocycles. The van der Waals surface area contributed by atoms with Gasteiger partial charge in [-0.25, -0.2) is 4.98 Å². The molecule has 92 valence electrons. The van der Waals surface area contributed by atoms with E-state index in [9.17, 15) is 0 Å². The Hall–Kier alpha value is -1.54. The SMILES string of the molecule is C#CCCNC(=NC)N(C)Cc1csc(C)n1. The molecule has 0 aliphatic heterocycles. The minimum atomic E-state index is 0.697. The van der Waals surface area contributed by atoms with E-state index in [0.29, 0.717) is 6.42 Å². The van der Waals surface area contributed by atoms with Crippen molar-refractivity contribution in [2.24, 2.45) is 4.99 Å². The van der Waals surface area contributed by atoms with Gasteiger partial charge in [-0.15, -0.1) is 23.7 Å². The molecule has 5 heteroatoms. The van der Waals surface area contributed by atoms with E-state index in [1.165, 1.54) is 0 Å². The standard InChI is InChI=1S/C12H18N4S/c1-5-6-7-14-12(13-3)16(4)8-11-9-17-10(2)15-11/h1,9H,6-8H2,2-4H3,(H,13,14). The number of hydrogen-bond donors (Lipinski definition) is 1. The topological polar surface area (TPSA) is 40.5 Å². The van der Waals surface area contributed by atoms with Gasteiger partial charge in [-0.2, -0.15) is 0 Å². The summed E-state index contributed by atoms with van der Waals surface area (Å²) in [7, 11) is 3.75. The van der Waals surface area contributed by atoms with Crippen LogP contribution in [0.2, 0.25) is 0 Å². The Balaban J connectivity index is 2.50. The van der Waals surface area contributed by atoms with Crippen LogP contribution in [-0.4, -0.2) is 36.5 Å². The predicted molar refractivity (Wildman–Crippen MR) is 73.1 cm³/mol. The lowest BCUT2D eigenvalue weighted by atomic mass is 10.4. The van der Waals surface area contributed by atoms with Crippen LogP contribution in [0.15, 0.2) is 10.4 Å². The third-order valence-corrected chi connectivity index (χ3v) is 3.01. The van der Waals surface area contributed by atoms with Gasteiger partial charge >= 0.3 is 0 Å². The summed E-state index contributed by atoms with van der Waals surface area (Å²) in [6.07, 6.45) is 5.90. The summed E-state index contributed by atoms with van der Waals surface area (Å²) >= 11 is 1.66. The molecule has 0 unspecified atom stereocenters. The van der Waals surface area contributed by atoms with Crippen molar-refractivity contribution in [3.63, 3.8) is 0 Å². The molecule has 1 N–H and O–H groups in total. The number of aromatic nitrogens is 1. The lowest BCUT2D eigenvalue weighted by Gasteiger charge is -2.20. The molecule has 17 heavy (non-hydrogen) atoms. The van der Waals surface area contributed by atoms with Gasteiger partial charge in [0.25, 0.3) is 0 Å². The van der Waals surface area contributed by atoms with Gasteiger partial charge in [-0.1, -0.05) is 0 Å². The van der Waals surface area contributed by atoms with Crippen LogP contribution in [0.25, 0.3) is 0 Å². The first-order valence-electron chi connectivity index (χ1n) is 5.43. The number of aliphatic imine (C=N–C) groups is 1. The van der Waals surface area contributed by atoms with E-state index in [-0.39, 0.29) is 0 Å². The third-order valence-electron chi connectivity index (χ3n) is 2.19. The van der Waals surface area contributed by atoms with E-state index in [1.807, 2.05) is 18.9 Å². The highest BCUT2D eigenvalue weighted by Gasteiger charge is 2.07. The highest BCUT2D eigenvalue weighted by Crippen LogP contribution is 2.09. The lowest BCUT2D eigenvalue weighted by molar-refractivity contribution is 0.472. The summed E-state index contributed by atoms with van der Waals surface area (Å²) in [6.45, 7) is 3.50. The maximum atomic E-state index is 5.21. The summed E-state index contributed by atoms with van der Waals surface area (Å²) in [6, 6.07) is 0. The number of guanidine groups is 1. The van der Waals surface area contributed by atoms with Gasteiger partial charge in [0.15, 0.2) is 5.96 Å². The highest BCUT2D eigenvalue weighted by atomic mass is 32.1. The fraction of sp³-hybridized carbons (Fsp3) is 0.500. The van der Waals surface area contributed by atoms with Crippen molar-refractivity contribution in [3.8, 4) is 12.3 Å². The number of hydrogen-bond acceptors (Lipinski definition) is 3. The molecule has 0 bridgehead atoms. The Morgan fingerprint density at radius 1 is 1.71 bits per heavy atom. The van der Waals surface area contributed by atoms with Crippen molar-refractivity contribution < 1.29 is 0 Å². The second kappa shape index (κ2) is 6.92. The van der Waals surface area contributed by atoms with Crippen LogP contribution in [0.5, 0.6) is 0 Å². The van der Waals surface area contributed by atoms with Crippen LogP contribution < -0.4 is 5.32 Å². The molecule has 0 spiro atoms. The number of rotatable bonds is 4. The van der Waals surface area contributed by atoms with Gasteiger partial charge in [-0.05, 0) is 6.92 Å². The first kappa shape index (κ1) is 13.5. The van der Waals surface area contributed by atoms with Gasteiger partial charge in [-0.3, -0.25) is 4.99 Å². The van der Waals surface area contributed by atoms with Gasteiger partial charge in [0.2, 0.25) is 0 Å². The summed E-state index contributed by atoms with van der Waals surface area (Å²) in [5.41, 5.74) is 1.06. The second-order valence-electron chi connectivity index (χ2n) is 3.64. The zero-order chi connectivity index (χ0) is 12.7. The number of aryl methyl sites for hydroxylation is 1. The molecule has 0 aliphatic carbocycles. The van der Waals surface area contributed by atoms with E-state index >= 15 is 0 Å². The number of terminal acetylenes is 1. The molecule has 0 amide bonds. The number of thiazole rings is 1. The molecule has 1 aromatic rings. The van der Waals surface area contributed by atoms with Crippen LogP contribution in [-0.2, 0) is 6.54 Å². The van der Waals surface area contributed by atoms with E-state index in [0.717, 1.165) is 29.8 Å². The van der Waals surface area contributed by atoms with E-state index < -0.39 is 0 Å². The van der Waals surface area contributed by atoms with Crippen molar-refractivity contribution in [1.29, 1.82) is 0 Å². The molecule has 1 rings (SSSR count). The van der Waals surface area contributed by atoms with Crippen molar-refractivity contribution in [3.05, 3.63) is 16.1 Å². The summed E-state index contributed by atoms with van der Waals surface area (Å²) in [5, 5.41) is 6.36. The predicted octanol–water partition coefficient (Wildman–Crippen LogP) is 1.48. The minimum Gasteiger partial charge on any atom is -0.355 e. The van der Waals surface area contributed by atoms with E-state index in [2.05, 4.69) is 26.6 Å². The van der Waals surface area contributed by atoms with Crippen molar-refractivity contribution in [2.75, 3.05) is 20.6 Å². The molecule has 4 nitrogen and oxygen atoms in total. The molecular weight excluding hydrogens is 232 g/mol. The van der Waals surface area contributed by atoms with Gasteiger partial charge in [0.1, 0.15) is 0 Å². The highest BCUT2D eigenvalue weighted by molar-refractivity contribution is 7.09. The average molecular weight is 250 g/mol. The molecule has 1 aromatic heterocycles. The molecule has 0 aliphatic rings. The summed E-state index contributed by atoms with van der Waals surface area (Å²) in [4.78, 5) is 10.7. The Bertz CT molecular complexity index is 416. The lowest BCUT2D eigenvalue weighted by Crippen LogP contribution is -2.38. The summed E-state index contributed by atoms with van der Waals surface area (Å²) < 4.78 is 0. The molecular formula is C12H18N4S. The number of nitrogens with one attached hydrogen (secondary N) is 1. The molecule has 0 radical (unpaired) electrons. The smallest absolute Gasteiger partial charge is 0.193 e. The molecule has 1 heterocycles. The van der Waals surface area contributed by atoms with E-state index in [4.69, 9.17) is 6.42 Å². The Morgan fingerprint density at radius 3 is 3.00 bits per heavy atom. The minimum absolute atomic E-state index is 0.697. The maximum absolute atomic E-state index is 5.21. The number of nitrogens with zero attached hydrogens (tertiary/aromatic N) is 3. The Kier molecular flexibility index (Phi) is 5.50. The second-order valence-corrected chi connectivity index (χ2v) is 4.70. The van der Waals surface area contributed by atoms with Crippen LogP contribution in [0.4, 0.5) is 0 Å². The van der Waals surface area contributed by atoms with Gasteiger partial charge in [0.05, 0.1) is 17.2 Å².